The zero-order valence-electron chi connectivity index (χ0n) is 16.4. The summed E-state index contributed by atoms with van der Waals surface area (Å²) in [6.07, 6.45) is -0.0191. The summed E-state index contributed by atoms with van der Waals surface area (Å²) < 4.78 is 41.6. The van der Waals surface area contributed by atoms with Crippen LogP contribution in [0.15, 0.2) is 42.9 Å². The second-order valence-electron chi connectivity index (χ2n) is 7.28. The average molecular weight is 426 g/mol. The van der Waals surface area contributed by atoms with Gasteiger partial charge in [-0.05, 0) is 37.5 Å². The highest BCUT2D eigenvalue weighted by Crippen LogP contribution is 2.33. The van der Waals surface area contributed by atoms with Crippen molar-refractivity contribution in [3.05, 3.63) is 54.2 Å². The summed E-state index contributed by atoms with van der Waals surface area (Å²) in [6.45, 7) is 1.94. The number of benzene rings is 1. The van der Waals surface area contributed by atoms with Crippen LogP contribution in [0, 0.1) is 6.92 Å². The Morgan fingerprint density at radius 2 is 1.84 bits per heavy atom. The fraction of sp³-hybridized carbons (Fsp3) is 0.250. The molecule has 0 amide bonds. The predicted octanol–water partition coefficient (Wildman–Crippen LogP) is 4.25. The van der Waals surface area contributed by atoms with E-state index in [1.54, 1.807) is 6.07 Å². The highest BCUT2D eigenvalue weighted by Gasteiger charge is 2.37. The number of nitrogens with zero attached hydrogens (tertiary/aromatic N) is 6. The van der Waals surface area contributed by atoms with Crippen LogP contribution in [0.2, 0.25) is 0 Å². The van der Waals surface area contributed by atoms with Crippen molar-refractivity contribution < 1.29 is 13.2 Å². The molecule has 0 radical (unpaired) electrons. The maximum atomic E-state index is 13.4. The van der Waals surface area contributed by atoms with Crippen molar-refractivity contribution in [1.29, 1.82) is 0 Å². The van der Waals surface area contributed by atoms with Gasteiger partial charge >= 0.3 is 6.18 Å². The number of anilines is 3. The number of hydrogen-bond donors (Lipinski definition) is 2. The molecule has 1 saturated carbocycles. The average Bonchev–Trinajstić information content (AvgIpc) is 3.44. The van der Waals surface area contributed by atoms with Crippen LogP contribution in [0.3, 0.4) is 0 Å². The van der Waals surface area contributed by atoms with E-state index in [9.17, 15) is 13.2 Å². The zero-order valence-corrected chi connectivity index (χ0v) is 16.4. The largest absolute Gasteiger partial charge is 0.451 e. The predicted molar refractivity (Wildman–Crippen MR) is 108 cm³/mol. The van der Waals surface area contributed by atoms with Gasteiger partial charge in [-0.15, -0.1) is 0 Å². The van der Waals surface area contributed by atoms with E-state index < -0.39 is 12.0 Å². The van der Waals surface area contributed by atoms with E-state index in [4.69, 9.17) is 0 Å². The molecule has 1 aliphatic rings. The second-order valence-corrected chi connectivity index (χ2v) is 7.28. The molecule has 0 saturated heterocycles. The SMILES string of the molecule is Cc1ccccc1Nc1nccc(-n2cnc3c(NC4CC4)nc(C(F)(F)F)nc32)n1. The first-order valence-electron chi connectivity index (χ1n) is 9.63. The first-order chi connectivity index (χ1) is 14.9. The van der Waals surface area contributed by atoms with Gasteiger partial charge in [-0.2, -0.15) is 18.2 Å². The van der Waals surface area contributed by atoms with Crippen LogP contribution in [-0.2, 0) is 6.18 Å². The Hall–Kier alpha value is -3.76. The molecular weight excluding hydrogens is 409 g/mol. The summed E-state index contributed by atoms with van der Waals surface area (Å²) in [5.41, 5.74) is 2.11. The van der Waals surface area contributed by atoms with Crippen LogP contribution in [0.5, 0.6) is 0 Å². The van der Waals surface area contributed by atoms with Gasteiger partial charge in [-0.1, -0.05) is 18.2 Å². The standard InChI is InChI=1S/C20H17F3N8/c1-11-4-2-3-5-13(11)27-19-24-9-8-14(28-19)31-10-25-15-16(26-12-6-7-12)29-18(20(21,22)23)30-17(15)31/h2-5,8-10,12H,6-7H2,1H3,(H,24,27,28)(H,26,29,30). The Balaban J connectivity index is 1.58. The van der Waals surface area contributed by atoms with Gasteiger partial charge in [0, 0.05) is 17.9 Å². The van der Waals surface area contributed by atoms with E-state index >= 15 is 0 Å². The molecule has 4 aromatic rings. The molecule has 11 heteroatoms. The molecule has 8 nitrogen and oxygen atoms in total. The van der Waals surface area contributed by atoms with Crippen LogP contribution in [-0.4, -0.2) is 35.5 Å². The van der Waals surface area contributed by atoms with E-state index in [-0.39, 0.29) is 23.0 Å². The van der Waals surface area contributed by atoms with Crippen LogP contribution < -0.4 is 10.6 Å². The lowest BCUT2D eigenvalue weighted by molar-refractivity contribution is -0.144. The van der Waals surface area contributed by atoms with E-state index in [0.29, 0.717) is 11.8 Å². The van der Waals surface area contributed by atoms with Crippen LogP contribution in [0.1, 0.15) is 24.2 Å². The van der Waals surface area contributed by atoms with Crippen molar-refractivity contribution in [2.24, 2.45) is 0 Å². The Morgan fingerprint density at radius 1 is 1.03 bits per heavy atom. The number of fused-ring (bicyclic) bond motifs is 1. The Labute approximate surface area is 174 Å². The minimum absolute atomic E-state index is 0.0195. The first-order valence-corrected chi connectivity index (χ1v) is 9.63. The van der Waals surface area contributed by atoms with Crippen LogP contribution >= 0.6 is 0 Å². The summed E-state index contributed by atoms with van der Waals surface area (Å²) >= 11 is 0. The number of hydrogen-bond acceptors (Lipinski definition) is 7. The topological polar surface area (TPSA) is 93.4 Å². The smallest absolute Gasteiger partial charge is 0.365 e. The molecule has 158 valence electrons. The highest BCUT2D eigenvalue weighted by atomic mass is 19.4. The molecule has 3 aromatic heterocycles. The molecule has 0 bridgehead atoms. The quantitative estimate of drug-likeness (QED) is 0.493. The van der Waals surface area contributed by atoms with Crippen molar-refractivity contribution in [1.82, 2.24) is 29.5 Å². The number of imidazole rings is 1. The van der Waals surface area contributed by atoms with Crippen molar-refractivity contribution in [3.8, 4) is 5.82 Å². The second kappa shape index (κ2) is 7.18. The van der Waals surface area contributed by atoms with Crippen molar-refractivity contribution >= 4 is 28.6 Å². The molecule has 0 atom stereocenters. The maximum Gasteiger partial charge on any atom is 0.451 e. The third-order valence-corrected chi connectivity index (χ3v) is 4.85. The van der Waals surface area contributed by atoms with Crippen LogP contribution in [0.4, 0.5) is 30.6 Å². The number of aryl methyl sites for hydroxylation is 1. The molecule has 2 N–H and O–H groups in total. The molecule has 0 spiro atoms. The Kier molecular flexibility index (Phi) is 4.45. The zero-order chi connectivity index (χ0) is 21.6. The van der Waals surface area contributed by atoms with Gasteiger partial charge < -0.3 is 10.6 Å². The fourth-order valence-corrected chi connectivity index (χ4v) is 3.09. The lowest BCUT2D eigenvalue weighted by Gasteiger charge is -2.11. The molecule has 1 fully saturated rings. The molecule has 1 aromatic carbocycles. The van der Waals surface area contributed by atoms with Crippen molar-refractivity contribution in [2.75, 3.05) is 10.6 Å². The third-order valence-electron chi connectivity index (χ3n) is 4.85. The summed E-state index contributed by atoms with van der Waals surface area (Å²) in [5.74, 6) is -0.518. The van der Waals surface area contributed by atoms with Crippen LogP contribution in [0.25, 0.3) is 17.0 Å². The van der Waals surface area contributed by atoms with Gasteiger partial charge in [-0.3, -0.25) is 4.57 Å². The van der Waals surface area contributed by atoms with E-state index in [0.717, 1.165) is 24.1 Å². The van der Waals surface area contributed by atoms with Gasteiger partial charge in [0.2, 0.25) is 11.8 Å². The van der Waals surface area contributed by atoms with E-state index in [2.05, 4.69) is 35.6 Å². The van der Waals surface area contributed by atoms with E-state index in [1.807, 2.05) is 31.2 Å². The maximum absolute atomic E-state index is 13.4. The van der Waals surface area contributed by atoms with Gasteiger partial charge in [0.15, 0.2) is 17.0 Å². The summed E-state index contributed by atoms with van der Waals surface area (Å²) in [4.78, 5) is 20.3. The number of alkyl halides is 3. The van der Waals surface area contributed by atoms with Crippen molar-refractivity contribution in [3.63, 3.8) is 0 Å². The number of para-hydroxylation sites is 1. The fourth-order valence-electron chi connectivity index (χ4n) is 3.09. The van der Waals surface area contributed by atoms with Crippen molar-refractivity contribution in [2.45, 2.75) is 32.0 Å². The number of rotatable bonds is 5. The molecule has 5 rings (SSSR count). The molecule has 31 heavy (non-hydrogen) atoms. The third kappa shape index (κ3) is 3.86. The number of nitrogens with one attached hydrogen (secondary N) is 2. The lowest BCUT2D eigenvalue weighted by Crippen LogP contribution is -2.15. The minimum atomic E-state index is -4.69. The monoisotopic (exact) mass is 426 g/mol. The molecule has 1 aliphatic carbocycles. The number of aromatic nitrogens is 6. The van der Waals surface area contributed by atoms with Gasteiger partial charge in [-0.25, -0.2) is 19.9 Å². The minimum Gasteiger partial charge on any atom is -0.365 e. The Bertz CT molecular complexity index is 1260. The lowest BCUT2D eigenvalue weighted by atomic mass is 10.2. The molecule has 3 heterocycles. The number of halogens is 3. The molecular formula is C20H17F3N8. The summed E-state index contributed by atoms with van der Waals surface area (Å²) in [7, 11) is 0. The Morgan fingerprint density at radius 3 is 2.58 bits per heavy atom. The highest BCUT2D eigenvalue weighted by molar-refractivity contribution is 5.84. The van der Waals surface area contributed by atoms with Gasteiger partial charge in [0.05, 0.1) is 0 Å². The summed E-state index contributed by atoms with van der Waals surface area (Å²) in [6, 6.07) is 9.31. The normalized spacial score (nSPS) is 14.1. The van der Waals surface area contributed by atoms with Gasteiger partial charge in [0.25, 0.3) is 0 Å². The first kappa shape index (κ1) is 19.2. The molecule has 0 aliphatic heterocycles. The van der Waals surface area contributed by atoms with E-state index in [1.165, 1.54) is 17.1 Å². The summed E-state index contributed by atoms with van der Waals surface area (Å²) in [5, 5.41) is 6.14. The van der Waals surface area contributed by atoms with Gasteiger partial charge in [0.1, 0.15) is 12.1 Å². The molecule has 0 unspecified atom stereocenters.